The van der Waals surface area contributed by atoms with E-state index >= 15 is 0 Å². The van der Waals surface area contributed by atoms with E-state index in [4.69, 9.17) is 0 Å². The average Bonchev–Trinajstić information content (AvgIpc) is 2.88. The minimum atomic E-state index is -3.42. The molecule has 1 aliphatic carbocycles. The van der Waals surface area contributed by atoms with Gasteiger partial charge in [-0.25, -0.2) is 8.42 Å². The van der Waals surface area contributed by atoms with E-state index in [9.17, 15) is 18.5 Å². The third-order valence-corrected chi connectivity index (χ3v) is 5.88. The number of carbonyl (C=O) groups excluding carboxylic acids is 1. The molecule has 0 saturated heterocycles. The van der Waals surface area contributed by atoms with Gasteiger partial charge in [-0.3, -0.25) is 4.79 Å². The number of nitrogens with one attached hydrogen (secondary N) is 1. The molecule has 1 fully saturated rings. The van der Waals surface area contributed by atoms with Gasteiger partial charge in [0.05, 0.1) is 4.90 Å². The van der Waals surface area contributed by atoms with Crippen molar-refractivity contribution in [1.29, 1.82) is 5.26 Å². The summed E-state index contributed by atoms with van der Waals surface area (Å²) in [5.74, 6) is -0.227. The molecular weight excluding hydrogens is 324 g/mol. The highest BCUT2D eigenvalue weighted by Gasteiger charge is 2.22. The summed E-state index contributed by atoms with van der Waals surface area (Å²) < 4.78 is 23.8. The van der Waals surface area contributed by atoms with Gasteiger partial charge in [0.1, 0.15) is 11.6 Å². The van der Waals surface area contributed by atoms with Crippen molar-refractivity contribution < 1.29 is 13.2 Å². The number of rotatable bonds is 3. The van der Waals surface area contributed by atoms with Gasteiger partial charge in [-0.05, 0) is 42.5 Å². The SMILES string of the molecule is N#C/C(=C\C1CCCCC1)C(=O)Nc1ccc2c(c1)S(=O)(=O)C=C2. The Balaban J connectivity index is 1.77. The molecule has 0 radical (unpaired) electrons. The second-order valence-corrected chi connectivity index (χ2v) is 7.95. The molecule has 1 aliphatic heterocycles. The molecule has 3 rings (SSSR count). The van der Waals surface area contributed by atoms with E-state index in [0.29, 0.717) is 11.3 Å². The summed E-state index contributed by atoms with van der Waals surface area (Å²) in [7, 11) is -3.42. The molecule has 0 bridgehead atoms. The molecule has 0 aromatic heterocycles. The standard InChI is InChI=1S/C18H18N2O3S/c19-12-15(10-13-4-2-1-3-5-13)18(21)20-16-7-6-14-8-9-24(22,23)17(14)11-16/h6-11,13H,1-5H2,(H,20,21)/b15-10+. The number of carbonyl (C=O) groups is 1. The van der Waals surface area contributed by atoms with Crippen molar-refractivity contribution in [3.8, 4) is 6.07 Å². The number of allylic oxidation sites excluding steroid dienone is 1. The van der Waals surface area contributed by atoms with Gasteiger partial charge in [0.15, 0.2) is 0 Å². The Morgan fingerprint density at radius 2 is 2.00 bits per heavy atom. The van der Waals surface area contributed by atoms with Crippen LogP contribution in [0.5, 0.6) is 0 Å². The number of nitriles is 1. The average molecular weight is 342 g/mol. The van der Waals surface area contributed by atoms with Gasteiger partial charge >= 0.3 is 0 Å². The monoisotopic (exact) mass is 342 g/mol. The smallest absolute Gasteiger partial charge is 0.265 e. The van der Waals surface area contributed by atoms with Crippen molar-refractivity contribution in [2.24, 2.45) is 5.92 Å². The second-order valence-electron chi connectivity index (χ2n) is 6.14. The van der Waals surface area contributed by atoms with Crippen LogP contribution < -0.4 is 5.32 Å². The summed E-state index contributed by atoms with van der Waals surface area (Å²) in [6, 6.07) is 6.66. The zero-order valence-corrected chi connectivity index (χ0v) is 14.0. The number of hydrogen-bond acceptors (Lipinski definition) is 4. The first-order valence-electron chi connectivity index (χ1n) is 8.00. The Bertz CT molecular complexity index is 870. The van der Waals surface area contributed by atoms with Crippen LogP contribution in [0.15, 0.2) is 40.2 Å². The van der Waals surface area contributed by atoms with Crippen LogP contribution in [0.1, 0.15) is 37.7 Å². The third-order valence-electron chi connectivity index (χ3n) is 4.42. The summed E-state index contributed by atoms with van der Waals surface area (Å²) in [5, 5.41) is 13.0. The van der Waals surface area contributed by atoms with E-state index in [-0.39, 0.29) is 16.4 Å². The lowest BCUT2D eigenvalue weighted by Gasteiger charge is -2.18. The lowest BCUT2D eigenvalue weighted by atomic mass is 9.88. The molecule has 124 valence electrons. The largest absolute Gasteiger partial charge is 0.321 e. The van der Waals surface area contributed by atoms with Crippen LogP contribution in [0.2, 0.25) is 0 Å². The molecule has 1 amide bonds. The van der Waals surface area contributed by atoms with Crippen molar-refractivity contribution in [2.75, 3.05) is 5.32 Å². The maximum atomic E-state index is 12.3. The number of nitrogens with zero attached hydrogens (tertiary/aromatic N) is 1. The van der Waals surface area contributed by atoms with Crippen molar-refractivity contribution in [3.63, 3.8) is 0 Å². The number of benzene rings is 1. The molecule has 0 spiro atoms. The topological polar surface area (TPSA) is 87.0 Å². The summed E-state index contributed by atoms with van der Waals surface area (Å²) >= 11 is 0. The molecule has 1 saturated carbocycles. The lowest BCUT2D eigenvalue weighted by Crippen LogP contribution is -2.15. The van der Waals surface area contributed by atoms with Gasteiger partial charge < -0.3 is 5.32 Å². The summed E-state index contributed by atoms with van der Waals surface area (Å²) in [6.07, 6.45) is 8.73. The number of hydrogen-bond donors (Lipinski definition) is 1. The Morgan fingerprint density at radius 1 is 1.25 bits per heavy atom. The predicted molar refractivity (Wildman–Crippen MR) is 91.6 cm³/mol. The van der Waals surface area contributed by atoms with E-state index < -0.39 is 15.7 Å². The highest BCUT2D eigenvalue weighted by molar-refractivity contribution is 7.94. The van der Waals surface area contributed by atoms with Gasteiger partial charge in [-0.1, -0.05) is 31.4 Å². The fourth-order valence-electron chi connectivity index (χ4n) is 3.13. The van der Waals surface area contributed by atoms with Crippen LogP contribution in [-0.2, 0) is 14.6 Å². The Morgan fingerprint density at radius 3 is 2.71 bits per heavy atom. The second kappa shape index (κ2) is 6.62. The molecule has 1 heterocycles. The van der Waals surface area contributed by atoms with Gasteiger partial charge in [0, 0.05) is 11.1 Å². The minimum Gasteiger partial charge on any atom is -0.321 e. The van der Waals surface area contributed by atoms with Crippen LogP contribution in [-0.4, -0.2) is 14.3 Å². The molecule has 0 atom stereocenters. The molecular formula is C18H18N2O3S. The fourth-order valence-corrected chi connectivity index (χ4v) is 4.36. The molecule has 6 heteroatoms. The number of amides is 1. The van der Waals surface area contributed by atoms with Crippen LogP contribution in [0.25, 0.3) is 6.08 Å². The molecule has 24 heavy (non-hydrogen) atoms. The Kier molecular flexibility index (Phi) is 4.54. The zero-order valence-electron chi connectivity index (χ0n) is 13.2. The van der Waals surface area contributed by atoms with Gasteiger partial charge in [-0.15, -0.1) is 0 Å². The quantitative estimate of drug-likeness (QED) is 0.673. The first kappa shape index (κ1) is 16.5. The maximum absolute atomic E-state index is 12.3. The number of anilines is 1. The van der Waals surface area contributed by atoms with E-state index in [1.54, 1.807) is 18.2 Å². The van der Waals surface area contributed by atoms with Crippen LogP contribution in [0, 0.1) is 17.2 Å². The van der Waals surface area contributed by atoms with Crippen LogP contribution >= 0.6 is 0 Å². The van der Waals surface area contributed by atoms with Crippen molar-refractivity contribution in [3.05, 3.63) is 40.8 Å². The van der Waals surface area contributed by atoms with Crippen LogP contribution in [0.4, 0.5) is 5.69 Å². The minimum absolute atomic E-state index is 0.0865. The van der Waals surface area contributed by atoms with Crippen molar-refractivity contribution in [2.45, 2.75) is 37.0 Å². The molecule has 1 N–H and O–H groups in total. The number of fused-ring (bicyclic) bond motifs is 1. The van der Waals surface area contributed by atoms with Gasteiger partial charge in [0.2, 0.25) is 9.84 Å². The predicted octanol–water partition coefficient (Wildman–Crippen LogP) is 3.41. The normalized spacial score (nSPS) is 19.5. The third kappa shape index (κ3) is 3.41. The number of sulfone groups is 1. The first-order valence-corrected chi connectivity index (χ1v) is 9.55. The maximum Gasteiger partial charge on any atom is 0.265 e. The van der Waals surface area contributed by atoms with Gasteiger partial charge in [0.25, 0.3) is 5.91 Å². The molecule has 1 aromatic carbocycles. The zero-order chi connectivity index (χ0) is 17.2. The highest BCUT2D eigenvalue weighted by atomic mass is 32.2. The van der Waals surface area contributed by atoms with Crippen LogP contribution in [0.3, 0.4) is 0 Å². The summed E-state index contributed by atoms with van der Waals surface area (Å²) in [5.41, 5.74) is 1.06. The molecule has 1 aromatic rings. The van der Waals surface area contributed by atoms with E-state index in [2.05, 4.69) is 5.32 Å². The molecule has 0 unspecified atom stereocenters. The van der Waals surface area contributed by atoms with E-state index in [1.807, 2.05) is 6.07 Å². The summed E-state index contributed by atoms with van der Waals surface area (Å²) in [4.78, 5) is 12.5. The van der Waals surface area contributed by atoms with Crippen molar-refractivity contribution in [1.82, 2.24) is 0 Å². The lowest BCUT2D eigenvalue weighted by molar-refractivity contribution is -0.112. The Hall–Kier alpha value is -2.39. The van der Waals surface area contributed by atoms with Gasteiger partial charge in [-0.2, -0.15) is 5.26 Å². The Labute approximate surface area is 141 Å². The van der Waals surface area contributed by atoms with E-state index in [0.717, 1.165) is 31.1 Å². The van der Waals surface area contributed by atoms with E-state index in [1.165, 1.54) is 18.6 Å². The highest BCUT2D eigenvalue weighted by Crippen LogP contribution is 2.30. The molecule has 2 aliphatic rings. The summed E-state index contributed by atoms with van der Waals surface area (Å²) in [6.45, 7) is 0. The fraction of sp³-hybridized carbons (Fsp3) is 0.333. The first-order chi connectivity index (χ1) is 11.5. The molecule has 5 nitrogen and oxygen atoms in total. The van der Waals surface area contributed by atoms with Crippen molar-refractivity contribution >= 4 is 27.5 Å².